The summed E-state index contributed by atoms with van der Waals surface area (Å²) in [5.74, 6) is 1.31. The molecule has 72 valence electrons. The number of halogens is 1. The summed E-state index contributed by atoms with van der Waals surface area (Å²) in [5, 5.41) is 4.23. The van der Waals surface area contributed by atoms with Gasteiger partial charge in [0.15, 0.2) is 5.82 Å². The highest BCUT2D eigenvalue weighted by atomic mass is 35.5. The Balaban J connectivity index is 2.48. The van der Waals surface area contributed by atoms with Crippen molar-refractivity contribution in [3.8, 4) is 5.82 Å². The van der Waals surface area contributed by atoms with Crippen LogP contribution in [0.1, 0.15) is 11.3 Å². The van der Waals surface area contributed by atoms with Crippen molar-refractivity contribution in [3.05, 3.63) is 41.9 Å². The second-order valence-electron chi connectivity index (χ2n) is 2.99. The van der Waals surface area contributed by atoms with Crippen LogP contribution in [0.25, 0.3) is 5.82 Å². The van der Waals surface area contributed by atoms with Crippen LogP contribution in [0.15, 0.2) is 30.6 Å². The van der Waals surface area contributed by atoms with Crippen molar-refractivity contribution >= 4 is 11.6 Å². The average Bonchev–Trinajstić information content (AvgIpc) is 2.61. The van der Waals surface area contributed by atoms with E-state index in [9.17, 15) is 0 Å². The van der Waals surface area contributed by atoms with Crippen molar-refractivity contribution in [1.82, 2.24) is 14.8 Å². The molecule has 0 spiro atoms. The van der Waals surface area contributed by atoms with Crippen molar-refractivity contribution < 1.29 is 0 Å². The molecule has 4 heteroatoms. The Morgan fingerprint density at radius 2 is 2.29 bits per heavy atom. The van der Waals surface area contributed by atoms with E-state index >= 15 is 0 Å². The fourth-order valence-electron chi connectivity index (χ4n) is 1.28. The molecule has 0 aliphatic rings. The van der Waals surface area contributed by atoms with Crippen LogP contribution in [0.4, 0.5) is 0 Å². The molecule has 2 heterocycles. The van der Waals surface area contributed by atoms with Gasteiger partial charge in [0.1, 0.15) is 0 Å². The number of aromatic nitrogens is 3. The second-order valence-corrected chi connectivity index (χ2v) is 3.26. The van der Waals surface area contributed by atoms with Crippen LogP contribution in [0.5, 0.6) is 0 Å². The summed E-state index contributed by atoms with van der Waals surface area (Å²) >= 11 is 5.76. The number of nitrogens with zero attached hydrogens (tertiary/aromatic N) is 3. The van der Waals surface area contributed by atoms with E-state index < -0.39 is 0 Å². The van der Waals surface area contributed by atoms with Crippen molar-refractivity contribution in [2.75, 3.05) is 0 Å². The van der Waals surface area contributed by atoms with Gasteiger partial charge < -0.3 is 0 Å². The summed E-state index contributed by atoms with van der Waals surface area (Å²) in [5.41, 5.74) is 2.08. The molecule has 0 saturated heterocycles. The fraction of sp³-hybridized carbons (Fsp3) is 0.200. The maximum Gasteiger partial charge on any atom is 0.153 e. The summed E-state index contributed by atoms with van der Waals surface area (Å²) in [7, 11) is 0. The zero-order valence-electron chi connectivity index (χ0n) is 7.81. The summed E-state index contributed by atoms with van der Waals surface area (Å²) in [4.78, 5) is 4.21. The minimum Gasteiger partial charge on any atom is -0.237 e. The Morgan fingerprint density at radius 3 is 2.86 bits per heavy atom. The normalized spacial score (nSPS) is 10.4. The molecule has 0 N–H and O–H groups in total. The van der Waals surface area contributed by atoms with Gasteiger partial charge in [-0.25, -0.2) is 9.67 Å². The van der Waals surface area contributed by atoms with E-state index in [-0.39, 0.29) is 0 Å². The van der Waals surface area contributed by atoms with Gasteiger partial charge in [-0.1, -0.05) is 6.07 Å². The number of hydrogen-bond acceptors (Lipinski definition) is 2. The van der Waals surface area contributed by atoms with Crippen LogP contribution in [-0.4, -0.2) is 14.8 Å². The monoisotopic (exact) mass is 207 g/mol. The molecule has 14 heavy (non-hydrogen) atoms. The van der Waals surface area contributed by atoms with Gasteiger partial charge >= 0.3 is 0 Å². The topological polar surface area (TPSA) is 30.7 Å². The van der Waals surface area contributed by atoms with E-state index in [0.717, 1.165) is 17.1 Å². The molecule has 0 saturated carbocycles. The molecule has 0 bridgehead atoms. The van der Waals surface area contributed by atoms with Gasteiger partial charge in [0.25, 0.3) is 0 Å². The zero-order valence-corrected chi connectivity index (χ0v) is 8.57. The minimum atomic E-state index is 0.485. The highest BCUT2D eigenvalue weighted by molar-refractivity contribution is 6.17. The SMILES string of the molecule is Cc1c(CCl)cnn1-c1ccccn1. The van der Waals surface area contributed by atoms with Crippen molar-refractivity contribution in [2.24, 2.45) is 0 Å². The van der Waals surface area contributed by atoms with E-state index in [1.54, 1.807) is 17.1 Å². The van der Waals surface area contributed by atoms with Gasteiger partial charge in [0.05, 0.1) is 12.1 Å². The summed E-state index contributed by atoms with van der Waals surface area (Å²) in [6.07, 6.45) is 3.52. The van der Waals surface area contributed by atoms with Gasteiger partial charge in [0.2, 0.25) is 0 Å². The highest BCUT2D eigenvalue weighted by Crippen LogP contribution is 2.13. The molecule has 0 fully saturated rings. The lowest BCUT2D eigenvalue weighted by Gasteiger charge is -2.02. The predicted molar refractivity (Wildman–Crippen MR) is 55.7 cm³/mol. The number of rotatable bonds is 2. The van der Waals surface area contributed by atoms with Crippen molar-refractivity contribution in [2.45, 2.75) is 12.8 Å². The standard InChI is InChI=1S/C10H10ClN3/c1-8-9(6-11)7-13-14(8)10-4-2-3-5-12-10/h2-5,7H,6H2,1H3. The van der Waals surface area contributed by atoms with Gasteiger partial charge in [-0.15, -0.1) is 11.6 Å². The quantitative estimate of drug-likeness (QED) is 0.708. The van der Waals surface area contributed by atoms with Crippen LogP contribution in [0.2, 0.25) is 0 Å². The number of pyridine rings is 1. The molecule has 2 aromatic heterocycles. The van der Waals surface area contributed by atoms with Gasteiger partial charge in [-0.05, 0) is 19.1 Å². The molecule has 3 nitrogen and oxygen atoms in total. The first kappa shape index (κ1) is 9.21. The Labute approximate surface area is 87.3 Å². The van der Waals surface area contributed by atoms with E-state index in [1.165, 1.54) is 0 Å². The lowest BCUT2D eigenvalue weighted by atomic mass is 10.3. The first-order chi connectivity index (χ1) is 6.83. The molecule has 0 aliphatic carbocycles. The molecule has 0 atom stereocenters. The van der Waals surface area contributed by atoms with Gasteiger partial charge in [0, 0.05) is 17.5 Å². The Kier molecular flexibility index (Phi) is 2.50. The highest BCUT2D eigenvalue weighted by Gasteiger charge is 2.06. The van der Waals surface area contributed by atoms with Crippen LogP contribution in [-0.2, 0) is 5.88 Å². The molecule has 0 aliphatic heterocycles. The minimum absolute atomic E-state index is 0.485. The number of alkyl halides is 1. The Morgan fingerprint density at radius 1 is 1.43 bits per heavy atom. The maximum absolute atomic E-state index is 5.76. The van der Waals surface area contributed by atoms with Crippen molar-refractivity contribution in [1.29, 1.82) is 0 Å². The first-order valence-corrected chi connectivity index (χ1v) is 4.87. The summed E-state index contributed by atoms with van der Waals surface area (Å²) < 4.78 is 1.79. The van der Waals surface area contributed by atoms with Crippen LogP contribution in [0.3, 0.4) is 0 Å². The lowest BCUT2D eigenvalue weighted by molar-refractivity contribution is 0.816. The third-order valence-corrected chi connectivity index (χ3v) is 2.41. The third-order valence-electron chi connectivity index (χ3n) is 2.12. The van der Waals surface area contributed by atoms with E-state index in [0.29, 0.717) is 5.88 Å². The molecule has 0 unspecified atom stereocenters. The average molecular weight is 208 g/mol. The molecule has 2 aromatic rings. The molecule has 0 aromatic carbocycles. The second kappa shape index (κ2) is 3.80. The molecular weight excluding hydrogens is 198 g/mol. The van der Waals surface area contributed by atoms with Crippen molar-refractivity contribution in [3.63, 3.8) is 0 Å². The summed E-state index contributed by atoms with van der Waals surface area (Å²) in [6, 6.07) is 5.73. The van der Waals surface area contributed by atoms with Crippen LogP contribution in [0, 0.1) is 6.92 Å². The van der Waals surface area contributed by atoms with E-state index in [1.807, 2.05) is 25.1 Å². The number of hydrogen-bond donors (Lipinski definition) is 0. The van der Waals surface area contributed by atoms with Crippen LogP contribution >= 0.6 is 11.6 Å². The van der Waals surface area contributed by atoms with Gasteiger partial charge in [-0.2, -0.15) is 5.10 Å². The summed E-state index contributed by atoms with van der Waals surface area (Å²) in [6.45, 7) is 1.99. The van der Waals surface area contributed by atoms with E-state index in [4.69, 9.17) is 11.6 Å². The first-order valence-electron chi connectivity index (χ1n) is 4.34. The molecule has 0 radical (unpaired) electrons. The predicted octanol–water partition coefficient (Wildman–Crippen LogP) is 2.31. The Bertz CT molecular complexity index is 422. The van der Waals surface area contributed by atoms with Crippen LogP contribution < -0.4 is 0 Å². The third kappa shape index (κ3) is 1.51. The molecule has 2 rings (SSSR count). The fourth-order valence-corrected chi connectivity index (χ4v) is 1.55. The van der Waals surface area contributed by atoms with E-state index in [2.05, 4.69) is 10.1 Å². The Hall–Kier alpha value is -1.35. The maximum atomic E-state index is 5.76. The smallest absolute Gasteiger partial charge is 0.153 e. The van der Waals surface area contributed by atoms with Gasteiger partial charge in [-0.3, -0.25) is 0 Å². The largest absolute Gasteiger partial charge is 0.237 e. The zero-order chi connectivity index (χ0) is 9.97. The lowest BCUT2D eigenvalue weighted by Crippen LogP contribution is -2.01. The molecular formula is C10H10ClN3. The molecule has 0 amide bonds.